The Hall–Kier alpha value is -4.00. The Morgan fingerprint density at radius 1 is 0.641 bits per heavy atom. The summed E-state index contributed by atoms with van der Waals surface area (Å²) < 4.78 is 11.8. The standard InChI is InChI=1S/C33H38N2O4/c1-24-7-3-5-9-32(24)38-22-30(36)20-35(21-31(37)23-39-33-10-6-4-8-25(33)2)29-17-13-27(14-18-29)19-26-11-15-28(34)16-12-26/h3-18,30-31,36-37H,19-23,34H2,1-2H3. The Kier molecular flexibility index (Phi) is 9.84. The van der Waals surface area contributed by atoms with Gasteiger partial charge >= 0.3 is 0 Å². The van der Waals surface area contributed by atoms with Crippen LogP contribution in [0.3, 0.4) is 0 Å². The third kappa shape index (κ3) is 8.50. The van der Waals surface area contributed by atoms with Crippen molar-refractivity contribution >= 4 is 11.4 Å². The van der Waals surface area contributed by atoms with Gasteiger partial charge in [0.15, 0.2) is 0 Å². The van der Waals surface area contributed by atoms with E-state index < -0.39 is 12.2 Å². The summed E-state index contributed by atoms with van der Waals surface area (Å²) in [5.74, 6) is 1.50. The molecule has 6 heteroatoms. The fourth-order valence-corrected chi connectivity index (χ4v) is 4.40. The Morgan fingerprint density at radius 3 is 1.54 bits per heavy atom. The van der Waals surface area contributed by atoms with E-state index in [1.54, 1.807) is 0 Å². The third-order valence-electron chi connectivity index (χ3n) is 6.60. The van der Waals surface area contributed by atoms with Crippen molar-refractivity contribution in [3.05, 3.63) is 119 Å². The van der Waals surface area contributed by atoms with Gasteiger partial charge < -0.3 is 30.3 Å². The molecule has 0 spiro atoms. The van der Waals surface area contributed by atoms with E-state index in [2.05, 4.69) is 12.1 Å². The lowest BCUT2D eigenvalue weighted by Crippen LogP contribution is -2.41. The average Bonchev–Trinajstić information content (AvgIpc) is 2.93. The van der Waals surface area contributed by atoms with Gasteiger partial charge in [0.25, 0.3) is 0 Å². The summed E-state index contributed by atoms with van der Waals surface area (Å²) in [6.45, 7) is 4.84. The van der Waals surface area contributed by atoms with Gasteiger partial charge in [-0.15, -0.1) is 0 Å². The zero-order chi connectivity index (χ0) is 27.6. The van der Waals surface area contributed by atoms with Gasteiger partial charge in [-0.2, -0.15) is 0 Å². The number of hydrogen-bond acceptors (Lipinski definition) is 6. The predicted molar refractivity (Wildman–Crippen MR) is 158 cm³/mol. The molecule has 0 aliphatic carbocycles. The first-order valence-corrected chi connectivity index (χ1v) is 13.3. The molecule has 4 rings (SSSR count). The number of nitrogens with zero attached hydrogens (tertiary/aromatic N) is 1. The fraction of sp³-hybridized carbons (Fsp3) is 0.273. The van der Waals surface area contributed by atoms with Gasteiger partial charge in [0.1, 0.15) is 36.9 Å². The zero-order valence-corrected chi connectivity index (χ0v) is 22.7. The summed E-state index contributed by atoms with van der Waals surface area (Å²) in [6, 6.07) is 31.6. The molecule has 0 heterocycles. The summed E-state index contributed by atoms with van der Waals surface area (Å²) in [5, 5.41) is 21.7. The van der Waals surface area contributed by atoms with Crippen molar-refractivity contribution < 1.29 is 19.7 Å². The Labute approximate surface area is 231 Å². The fourth-order valence-electron chi connectivity index (χ4n) is 4.40. The predicted octanol–water partition coefficient (Wildman–Crippen LogP) is 5.16. The minimum absolute atomic E-state index is 0.145. The number of para-hydroxylation sites is 2. The highest BCUT2D eigenvalue weighted by molar-refractivity contribution is 5.49. The second-order valence-corrected chi connectivity index (χ2v) is 9.95. The summed E-state index contributed by atoms with van der Waals surface area (Å²) in [7, 11) is 0. The molecule has 2 unspecified atom stereocenters. The largest absolute Gasteiger partial charge is 0.491 e. The number of benzene rings is 4. The number of rotatable bonds is 13. The van der Waals surface area contributed by atoms with Crippen molar-refractivity contribution in [3.63, 3.8) is 0 Å². The molecule has 0 aromatic heterocycles. The normalized spacial score (nSPS) is 12.5. The van der Waals surface area contributed by atoms with Gasteiger partial charge in [0, 0.05) is 24.5 Å². The molecule has 0 bridgehead atoms. The molecule has 4 aromatic rings. The summed E-state index contributed by atoms with van der Waals surface area (Å²) in [6.07, 6.45) is -0.729. The van der Waals surface area contributed by atoms with Gasteiger partial charge in [0.05, 0.1) is 0 Å². The van der Waals surface area contributed by atoms with E-state index in [0.717, 1.165) is 46.0 Å². The van der Waals surface area contributed by atoms with Crippen LogP contribution in [0.15, 0.2) is 97.1 Å². The highest BCUT2D eigenvalue weighted by Crippen LogP contribution is 2.21. The molecule has 0 fully saturated rings. The lowest BCUT2D eigenvalue weighted by Gasteiger charge is -2.30. The maximum Gasteiger partial charge on any atom is 0.122 e. The number of aliphatic hydroxyl groups excluding tert-OH is 2. The number of anilines is 2. The van der Waals surface area contributed by atoms with Gasteiger partial charge in [-0.25, -0.2) is 0 Å². The van der Waals surface area contributed by atoms with Gasteiger partial charge in [-0.05, 0) is 78.9 Å². The molecule has 6 nitrogen and oxygen atoms in total. The third-order valence-corrected chi connectivity index (χ3v) is 6.60. The molecule has 0 saturated carbocycles. The summed E-state index contributed by atoms with van der Waals surface area (Å²) in [5.41, 5.74) is 11.8. The van der Waals surface area contributed by atoms with Crippen LogP contribution in [0.25, 0.3) is 0 Å². The molecule has 39 heavy (non-hydrogen) atoms. The molecule has 0 radical (unpaired) electrons. The first-order chi connectivity index (χ1) is 18.9. The topological polar surface area (TPSA) is 88.2 Å². The Balaban J connectivity index is 1.42. The van der Waals surface area contributed by atoms with Crippen LogP contribution in [0.2, 0.25) is 0 Å². The minimum atomic E-state index is -0.761. The smallest absolute Gasteiger partial charge is 0.122 e. The number of aliphatic hydroxyl groups is 2. The maximum absolute atomic E-state index is 10.9. The number of nitrogen functional groups attached to an aromatic ring is 1. The lowest BCUT2D eigenvalue weighted by molar-refractivity contribution is 0.0951. The second kappa shape index (κ2) is 13.7. The monoisotopic (exact) mass is 526 g/mol. The van der Waals surface area contributed by atoms with Gasteiger partial charge in [-0.3, -0.25) is 0 Å². The zero-order valence-electron chi connectivity index (χ0n) is 22.7. The van der Waals surface area contributed by atoms with E-state index in [-0.39, 0.29) is 13.2 Å². The van der Waals surface area contributed by atoms with E-state index in [4.69, 9.17) is 15.2 Å². The molecular formula is C33H38N2O4. The molecule has 0 aliphatic heterocycles. The number of hydrogen-bond donors (Lipinski definition) is 3. The second-order valence-electron chi connectivity index (χ2n) is 9.95. The summed E-state index contributed by atoms with van der Waals surface area (Å²) >= 11 is 0. The van der Waals surface area contributed by atoms with Crippen molar-refractivity contribution in [1.29, 1.82) is 0 Å². The van der Waals surface area contributed by atoms with Crippen LogP contribution in [0.1, 0.15) is 22.3 Å². The van der Waals surface area contributed by atoms with Crippen LogP contribution < -0.4 is 20.1 Å². The Morgan fingerprint density at radius 2 is 1.08 bits per heavy atom. The van der Waals surface area contributed by atoms with E-state index >= 15 is 0 Å². The van der Waals surface area contributed by atoms with Crippen LogP contribution in [0.4, 0.5) is 11.4 Å². The summed E-state index contributed by atoms with van der Waals surface area (Å²) in [4.78, 5) is 1.98. The van der Waals surface area contributed by atoms with Crippen LogP contribution in [-0.2, 0) is 6.42 Å². The average molecular weight is 527 g/mol. The van der Waals surface area contributed by atoms with Crippen molar-refractivity contribution in [2.75, 3.05) is 36.9 Å². The molecule has 4 N–H and O–H groups in total. The highest BCUT2D eigenvalue weighted by atomic mass is 16.5. The van der Waals surface area contributed by atoms with E-state index in [1.807, 2.05) is 104 Å². The maximum atomic E-state index is 10.9. The van der Waals surface area contributed by atoms with E-state index in [0.29, 0.717) is 13.1 Å². The van der Waals surface area contributed by atoms with Gasteiger partial charge in [-0.1, -0.05) is 60.7 Å². The highest BCUT2D eigenvalue weighted by Gasteiger charge is 2.18. The number of nitrogens with two attached hydrogens (primary N) is 1. The molecule has 0 saturated heterocycles. The molecule has 0 aliphatic rings. The van der Waals surface area contributed by atoms with E-state index in [9.17, 15) is 10.2 Å². The SMILES string of the molecule is Cc1ccccc1OCC(O)CN(CC(O)COc1ccccc1C)c1ccc(Cc2ccc(N)cc2)cc1. The van der Waals surface area contributed by atoms with Crippen molar-refractivity contribution in [2.45, 2.75) is 32.5 Å². The first-order valence-electron chi connectivity index (χ1n) is 13.3. The minimum Gasteiger partial charge on any atom is -0.491 e. The first kappa shape index (κ1) is 28.0. The lowest BCUT2D eigenvalue weighted by atomic mass is 10.0. The molecule has 0 amide bonds. The Bertz CT molecular complexity index is 1250. The van der Waals surface area contributed by atoms with Crippen LogP contribution in [0.5, 0.6) is 11.5 Å². The quantitative estimate of drug-likeness (QED) is 0.209. The van der Waals surface area contributed by atoms with Crippen molar-refractivity contribution in [1.82, 2.24) is 0 Å². The molecule has 2 atom stereocenters. The van der Waals surface area contributed by atoms with Gasteiger partial charge in [0.2, 0.25) is 0 Å². The van der Waals surface area contributed by atoms with Crippen LogP contribution in [0, 0.1) is 13.8 Å². The van der Waals surface area contributed by atoms with E-state index in [1.165, 1.54) is 5.56 Å². The molecule has 4 aromatic carbocycles. The van der Waals surface area contributed by atoms with Crippen molar-refractivity contribution in [2.24, 2.45) is 0 Å². The molecular weight excluding hydrogens is 488 g/mol. The number of ether oxygens (including phenoxy) is 2. The van der Waals surface area contributed by atoms with Crippen molar-refractivity contribution in [3.8, 4) is 11.5 Å². The van der Waals surface area contributed by atoms with Crippen LogP contribution >= 0.6 is 0 Å². The molecule has 204 valence electrons. The van der Waals surface area contributed by atoms with Crippen LogP contribution in [-0.4, -0.2) is 48.7 Å². The number of aryl methyl sites for hydroxylation is 2.